The highest BCUT2D eigenvalue weighted by atomic mass is 16.5. The SMILES string of the molecule is CC(C)(C)COCC(O)CO. The summed E-state index contributed by atoms with van der Waals surface area (Å²) >= 11 is 0. The van der Waals surface area contributed by atoms with Crippen LogP contribution in [-0.4, -0.2) is 36.1 Å². The summed E-state index contributed by atoms with van der Waals surface area (Å²) in [5.74, 6) is 0. The molecule has 0 radical (unpaired) electrons. The highest BCUT2D eigenvalue weighted by Crippen LogP contribution is 2.12. The van der Waals surface area contributed by atoms with Crippen LogP contribution in [0.4, 0.5) is 0 Å². The Labute approximate surface area is 68.0 Å². The van der Waals surface area contributed by atoms with Crippen molar-refractivity contribution < 1.29 is 14.9 Å². The molecule has 0 saturated heterocycles. The Hall–Kier alpha value is -0.120. The van der Waals surface area contributed by atoms with Crippen molar-refractivity contribution in [3.05, 3.63) is 0 Å². The predicted octanol–water partition coefficient (Wildman–Crippen LogP) is 0.402. The fourth-order valence-corrected chi connectivity index (χ4v) is 0.554. The first-order chi connectivity index (χ1) is 4.95. The maximum atomic E-state index is 8.88. The van der Waals surface area contributed by atoms with Crippen molar-refractivity contribution in [3.8, 4) is 0 Å². The molecule has 3 nitrogen and oxygen atoms in total. The quantitative estimate of drug-likeness (QED) is 0.629. The number of aliphatic hydroxyl groups is 2. The second kappa shape index (κ2) is 4.70. The van der Waals surface area contributed by atoms with Crippen LogP contribution in [0.25, 0.3) is 0 Å². The van der Waals surface area contributed by atoms with E-state index in [4.69, 9.17) is 14.9 Å². The van der Waals surface area contributed by atoms with Crippen LogP contribution in [0, 0.1) is 5.41 Å². The molecule has 0 spiro atoms. The number of hydrogen-bond donors (Lipinski definition) is 2. The summed E-state index contributed by atoms with van der Waals surface area (Å²) in [6.07, 6.45) is -0.739. The molecule has 0 amide bonds. The molecule has 0 bridgehead atoms. The number of aliphatic hydroxyl groups excluding tert-OH is 2. The largest absolute Gasteiger partial charge is 0.394 e. The molecule has 3 heteroatoms. The average Bonchev–Trinajstić information content (AvgIpc) is 1.85. The fourth-order valence-electron chi connectivity index (χ4n) is 0.554. The van der Waals surface area contributed by atoms with Gasteiger partial charge in [0.2, 0.25) is 0 Å². The first-order valence-corrected chi connectivity index (χ1v) is 3.82. The third-order valence-corrected chi connectivity index (χ3v) is 1.06. The lowest BCUT2D eigenvalue weighted by molar-refractivity contribution is -0.0149. The molecule has 0 aliphatic carbocycles. The van der Waals surface area contributed by atoms with E-state index in [1.165, 1.54) is 0 Å². The minimum atomic E-state index is -0.739. The van der Waals surface area contributed by atoms with Crippen LogP contribution in [0.1, 0.15) is 20.8 Å². The van der Waals surface area contributed by atoms with E-state index in [-0.39, 0.29) is 18.6 Å². The molecule has 2 N–H and O–H groups in total. The fraction of sp³-hybridized carbons (Fsp3) is 1.00. The van der Waals surface area contributed by atoms with Crippen LogP contribution in [0.3, 0.4) is 0 Å². The monoisotopic (exact) mass is 162 g/mol. The van der Waals surface area contributed by atoms with E-state index in [0.29, 0.717) is 6.61 Å². The van der Waals surface area contributed by atoms with E-state index >= 15 is 0 Å². The molecule has 1 atom stereocenters. The molecule has 0 aliphatic heterocycles. The molecule has 68 valence electrons. The third kappa shape index (κ3) is 7.78. The van der Waals surface area contributed by atoms with Crippen LogP contribution < -0.4 is 0 Å². The van der Waals surface area contributed by atoms with Crippen molar-refractivity contribution >= 4 is 0 Å². The summed E-state index contributed by atoms with van der Waals surface area (Å²) in [7, 11) is 0. The van der Waals surface area contributed by atoms with Crippen molar-refractivity contribution in [3.63, 3.8) is 0 Å². The molecule has 0 heterocycles. The van der Waals surface area contributed by atoms with Gasteiger partial charge in [0.15, 0.2) is 0 Å². The van der Waals surface area contributed by atoms with Crippen LogP contribution in [0.15, 0.2) is 0 Å². The third-order valence-electron chi connectivity index (χ3n) is 1.06. The first-order valence-electron chi connectivity index (χ1n) is 3.82. The van der Waals surface area contributed by atoms with Crippen molar-refractivity contribution in [2.75, 3.05) is 19.8 Å². The van der Waals surface area contributed by atoms with Gasteiger partial charge in [0.25, 0.3) is 0 Å². The molecule has 0 aliphatic rings. The molecule has 1 unspecified atom stereocenters. The van der Waals surface area contributed by atoms with Crippen LogP contribution in [-0.2, 0) is 4.74 Å². The molecule has 0 fully saturated rings. The highest BCUT2D eigenvalue weighted by Gasteiger charge is 2.11. The van der Waals surface area contributed by atoms with Gasteiger partial charge in [-0.1, -0.05) is 20.8 Å². The van der Waals surface area contributed by atoms with Crippen molar-refractivity contribution in [1.82, 2.24) is 0 Å². The summed E-state index contributed by atoms with van der Waals surface area (Å²) in [5.41, 5.74) is 0.120. The van der Waals surface area contributed by atoms with Crippen molar-refractivity contribution in [2.45, 2.75) is 26.9 Å². The van der Waals surface area contributed by atoms with Gasteiger partial charge in [0.05, 0.1) is 19.8 Å². The van der Waals surface area contributed by atoms with Crippen LogP contribution >= 0.6 is 0 Å². The zero-order chi connectivity index (χ0) is 8.91. The normalized spacial score (nSPS) is 15.0. The zero-order valence-electron chi connectivity index (χ0n) is 7.50. The van der Waals surface area contributed by atoms with Gasteiger partial charge in [-0.25, -0.2) is 0 Å². The molecular weight excluding hydrogens is 144 g/mol. The summed E-state index contributed by atoms with van der Waals surface area (Å²) in [4.78, 5) is 0. The van der Waals surface area contributed by atoms with Gasteiger partial charge < -0.3 is 14.9 Å². The lowest BCUT2D eigenvalue weighted by Gasteiger charge is -2.18. The standard InChI is InChI=1S/C8H18O3/c1-8(2,3)6-11-5-7(10)4-9/h7,9-10H,4-6H2,1-3H3. The van der Waals surface area contributed by atoms with Crippen molar-refractivity contribution in [1.29, 1.82) is 0 Å². The summed E-state index contributed by atoms with van der Waals surface area (Å²) < 4.78 is 5.14. The van der Waals surface area contributed by atoms with Gasteiger partial charge in [0, 0.05) is 0 Å². The number of rotatable bonds is 4. The Bertz CT molecular complexity index is 96.0. The second-order valence-electron chi connectivity index (χ2n) is 3.91. The second-order valence-corrected chi connectivity index (χ2v) is 3.91. The highest BCUT2D eigenvalue weighted by molar-refractivity contribution is 4.59. The van der Waals surface area contributed by atoms with Gasteiger partial charge in [-0.3, -0.25) is 0 Å². The maximum Gasteiger partial charge on any atom is 0.100 e. The topological polar surface area (TPSA) is 49.7 Å². The van der Waals surface area contributed by atoms with Gasteiger partial charge in [-0.05, 0) is 5.41 Å². The zero-order valence-corrected chi connectivity index (χ0v) is 7.50. The minimum Gasteiger partial charge on any atom is -0.394 e. The van der Waals surface area contributed by atoms with E-state index in [0.717, 1.165) is 0 Å². The van der Waals surface area contributed by atoms with Gasteiger partial charge >= 0.3 is 0 Å². The Balaban J connectivity index is 3.28. The lowest BCUT2D eigenvalue weighted by Crippen LogP contribution is -2.23. The minimum absolute atomic E-state index is 0.120. The predicted molar refractivity (Wildman–Crippen MR) is 43.4 cm³/mol. The van der Waals surface area contributed by atoms with E-state index < -0.39 is 6.10 Å². The summed E-state index contributed by atoms with van der Waals surface area (Å²) in [5, 5.41) is 17.3. The molecular formula is C8H18O3. The summed E-state index contributed by atoms with van der Waals surface area (Å²) in [6.45, 7) is 6.75. The first kappa shape index (κ1) is 10.9. The molecule has 0 rings (SSSR count). The van der Waals surface area contributed by atoms with Crippen molar-refractivity contribution in [2.24, 2.45) is 5.41 Å². The number of ether oxygens (including phenoxy) is 1. The average molecular weight is 162 g/mol. The van der Waals surface area contributed by atoms with Gasteiger partial charge in [-0.15, -0.1) is 0 Å². The Morgan fingerprint density at radius 2 is 1.91 bits per heavy atom. The van der Waals surface area contributed by atoms with Gasteiger partial charge in [-0.2, -0.15) is 0 Å². The Kier molecular flexibility index (Phi) is 4.65. The van der Waals surface area contributed by atoms with Crippen LogP contribution in [0.2, 0.25) is 0 Å². The molecule has 11 heavy (non-hydrogen) atoms. The maximum absolute atomic E-state index is 8.88. The molecule has 0 saturated carbocycles. The Morgan fingerprint density at radius 1 is 1.36 bits per heavy atom. The van der Waals surface area contributed by atoms with Crippen LogP contribution in [0.5, 0.6) is 0 Å². The number of hydrogen-bond acceptors (Lipinski definition) is 3. The van der Waals surface area contributed by atoms with E-state index in [9.17, 15) is 0 Å². The molecule has 0 aromatic carbocycles. The van der Waals surface area contributed by atoms with Gasteiger partial charge in [0.1, 0.15) is 6.10 Å². The summed E-state index contributed by atoms with van der Waals surface area (Å²) in [6, 6.07) is 0. The van der Waals surface area contributed by atoms with E-state index in [2.05, 4.69) is 20.8 Å². The smallest absolute Gasteiger partial charge is 0.100 e. The Morgan fingerprint density at radius 3 is 2.27 bits per heavy atom. The van der Waals surface area contributed by atoms with E-state index in [1.54, 1.807) is 0 Å². The molecule has 0 aromatic heterocycles. The molecule has 0 aromatic rings. The lowest BCUT2D eigenvalue weighted by atomic mass is 9.99. The van der Waals surface area contributed by atoms with E-state index in [1.807, 2.05) is 0 Å².